The van der Waals surface area contributed by atoms with Crippen LogP contribution in [0.3, 0.4) is 0 Å². The third-order valence-corrected chi connectivity index (χ3v) is 4.98. The number of rotatable bonds is 5. The molecule has 2 heterocycles. The molecule has 1 aliphatic heterocycles. The molecule has 0 saturated carbocycles. The van der Waals surface area contributed by atoms with Crippen molar-refractivity contribution in [3.8, 4) is 0 Å². The minimum absolute atomic E-state index is 0.524. The van der Waals surface area contributed by atoms with E-state index in [0.717, 1.165) is 42.3 Å². The largest absolute Gasteiger partial charge is 0.381 e. The number of halogens is 1. The monoisotopic (exact) mass is 329 g/mol. The second-order valence-corrected chi connectivity index (χ2v) is 6.10. The number of hydrogen-bond acceptors (Lipinski definition) is 3. The summed E-state index contributed by atoms with van der Waals surface area (Å²) in [6.45, 7) is 7.09. The standard InChI is InChI=1S/C14H24BrN3O/c1-4-12-14(15)13(18(3)17-12)9-16-10(2)11-5-7-19-8-6-11/h10-11,16H,4-9H2,1-3H3. The van der Waals surface area contributed by atoms with Gasteiger partial charge in [0, 0.05) is 32.8 Å². The smallest absolute Gasteiger partial charge is 0.0767 e. The molecule has 1 fully saturated rings. The van der Waals surface area contributed by atoms with E-state index in [2.05, 4.69) is 40.2 Å². The summed E-state index contributed by atoms with van der Waals surface area (Å²) in [7, 11) is 2.01. The van der Waals surface area contributed by atoms with Gasteiger partial charge in [-0.3, -0.25) is 4.68 Å². The lowest BCUT2D eigenvalue weighted by Crippen LogP contribution is -2.36. The van der Waals surface area contributed by atoms with E-state index in [4.69, 9.17) is 4.74 Å². The van der Waals surface area contributed by atoms with Gasteiger partial charge in [-0.2, -0.15) is 5.10 Å². The number of aromatic nitrogens is 2. The van der Waals surface area contributed by atoms with Crippen molar-refractivity contribution >= 4 is 15.9 Å². The molecule has 2 rings (SSSR count). The van der Waals surface area contributed by atoms with Gasteiger partial charge < -0.3 is 10.1 Å². The van der Waals surface area contributed by atoms with Crippen LogP contribution in [-0.4, -0.2) is 29.0 Å². The molecule has 1 N–H and O–H groups in total. The van der Waals surface area contributed by atoms with Gasteiger partial charge in [-0.25, -0.2) is 0 Å². The Morgan fingerprint density at radius 1 is 1.47 bits per heavy atom. The number of ether oxygens (including phenoxy) is 1. The Hall–Kier alpha value is -0.390. The minimum Gasteiger partial charge on any atom is -0.381 e. The van der Waals surface area contributed by atoms with Crippen LogP contribution in [0, 0.1) is 5.92 Å². The molecule has 0 spiro atoms. The lowest BCUT2D eigenvalue weighted by atomic mass is 9.93. The fourth-order valence-electron chi connectivity index (χ4n) is 2.65. The molecule has 1 aliphatic rings. The zero-order chi connectivity index (χ0) is 13.8. The quantitative estimate of drug-likeness (QED) is 0.902. The number of hydrogen-bond donors (Lipinski definition) is 1. The van der Waals surface area contributed by atoms with Crippen LogP contribution in [0.15, 0.2) is 4.47 Å². The summed E-state index contributed by atoms with van der Waals surface area (Å²) in [5.41, 5.74) is 2.37. The molecular weight excluding hydrogens is 306 g/mol. The summed E-state index contributed by atoms with van der Waals surface area (Å²) in [6.07, 6.45) is 3.30. The van der Waals surface area contributed by atoms with E-state index in [0.29, 0.717) is 6.04 Å². The molecular formula is C14H24BrN3O. The van der Waals surface area contributed by atoms with E-state index in [1.165, 1.54) is 18.5 Å². The third kappa shape index (κ3) is 3.58. The van der Waals surface area contributed by atoms with Crippen molar-refractivity contribution in [2.75, 3.05) is 13.2 Å². The van der Waals surface area contributed by atoms with Crippen LogP contribution in [0.2, 0.25) is 0 Å². The molecule has 1 aromatic heterocycles. The van der Waals surface area contributed by atoms with E-state index in [1.807, 2.05) is 11.7 Å². The summed E-state index contributed by atoms with van der Waals surface area (Å²) in [5, 5.41) is 8.17. The molecule has 5 heteroatoms. The van der Waals surface area contributed by atoms with Gasteiger partial charge in [-0.15, -0.1) is 0 Å². The van der Waals surface area contributed by atoms with E-state index >= 15 is 0 Å². The second kappa shape index (κ2) is 6.86. The fourth-order valence-corrected chi connectivity index (χ4v) is 3.41. The van der Waals surface area contributed by atoms with Crippen molar-refractivity contribution in [1.82, 2.24) is 15.1 Å². The summed E-state index contributed by atoms with van der Waals surface area (Å²) >= 11 is 3.67. The number of nitrogens with zero attached hydrogens (tertiary/aromatic N) is 2. The van der Waals surface area contributed by atoms with Crippen LogP contribution in [-0.2, 0) is 24.8 Å². The van der Waals surface area contributed by atoms with Crippen molar-refractivity contribution in [3.63, 3.8) is 0 Å². The molecule has 1 aromatic rings. The van der Waals surface area contributed by atoms with Gasteiger partial charge in [-0.1, -0.05) is 6.92 Å². The summed E-state index contributed by atoms with van der Waals surface area (Å²) in [5.74, 6) is 0.728. The van der Waals surface area contributed by atoms with Crippen molar-refractivity contribution in [2.24, 2.45) is 13.0 Å². The molecule has 0 radical (unpaired) electrons. The predicted molar refractivity (Wildman–Crippen MR) is 80.1 cm³/mol. The van der Waals surface area contributed by atoms with Crippen LogP contribution >= 0.6 is 15.9 Å². The highest BCUT2D eigenvalue weighted by Gasteiger charge is 2.21. The predicted octanol–water partition coefficient (Wildman–Crippen LogP) is 2.65. The Kier molecular flexibility index (Phi) is 5.42. The highest BCUT2D eigenvalue weighted by molar-refractivity contribution is 9.10. The summed E-state index contributed by atoms with van der Waals surface area (Å²) in [4.78, 5) is 0. The molecule has 1 unspecified atom stereocenters. The molecule has 0 bridgehead atoms. The Bertz CT molecular complexity index is 413. The van der Waals surface area contributed by atoms with E-state index in [-0.39, 0.29) is 0 Å². The Morgan fingerprint density at radius 2 is 2.16 bits per heavy atom. The normalized spacial score (nSPS) is 18.7. The molecule has 0 aliphatic carbocycles. The summed E-state index contributed by atoms with van der Waals surface area (Å²) in [6, 6.07) is 0.524. The zero-order valence-electron chi connectivity index (χ0n) is 12.1. The number of nitrogens with one attached hydrogen (secondary N) is 1. The van der Waals surface area contributed by atoms with Crippen molar-refractivity contribution < 1.29 is 4.74 Å². The maximum absolute atomic E-state index is 5.42. The maximum atomic E-state index is 5.42. The highest BCUT2D eigenvalue weighted by Crippen LogP contribution is 2.23. The van der Waals surface area contributed by atoms with E-state index < -0.39 is 0 Å². The number of aryl methyl sites for hydroxylation is 2. The first-order valence-corrected chi connectivity index (χ1v) is 7.94. The van der Waals surface area contributed by atoms with Gasteiger partial charge in [0.2, 0.25) is 0 Å². The first kappa shape index (κ1) is 15.0. The zero-order valence-corrected chi connectivity index (χ0v) is 13.7. The van der Waals surface area contributed by atoms with Crippen LogP contribution in [0.5, 0.6) is 0 Å². The van der Waals surface area contributed by atoms with Gasteiger partial charge >= 0.3 is 0 Å². The average Bonchev–Trinajstić information content (AvgIpc) is 2.72. The topological polar surface area (TPSA) is 39.1 Å². The van der Waals surface area contributed by atoms with Crippen molar-refractivity contribution in [1.29, 1.82) is 0 Å². The van der Waals surface area contributed by atoms with Crippen molar-refractivity contribution in [2.45, 2.75) is 45.7 Å². The fraction of sp³-hybridized carbons (Fsp3) is 0.786. The Balaban J connectivity index is 1.92. The van der Waals surface area contributed by atoms with Gasteiger partial charge in [0.25, 0.3) is 0 Å². The Morgan fingerprint density at radius 3 is 2.74 bits per heavy atom. The molecule has 4 nitrogen and oxygen atoms in total. The lowest BCUT2D eigenvalue weighted by Gasteiger charge is -2.28. The van der Waals surface area contributed by atoms with E-state index in [1.54, 1.807) is 0 Å². The molecule has 0 amide bonds. The minimum atomic E-state index is 0.524. The van der Waals surface area contributed by atoms with Gasteiger partial charge in [-0.05, 0) is 48.0 Å². The van der Waals surface area contributed by atoms with Crippen LogP contribution in [0.1, 0.15) is 38.1 Å². The van der Waals surface area contributed by atoms with Crippen LogP contribution in [0.4, 0.5) is 0 Å². The first-order valence-electron chi connectivity index (χ1n) is 7.14. The van der Waals surface area contributed by atoms with Crippen molar-refractivity contribution in [3.05, 3.63) is 15.9 Å². The summed E-state index contributed by atoms with van der Waals surface area (Å²) < 4.78 is 8.55. The molecule has 1 saturated heterocycles. The lowest BCUT2D eigenvalue weighted by molar-refractivity contribution is 0.0557. The molecule has 1 atom stereocenters. The van der Waals surface area contributed by atoms with E-state index in [9.17, 15) is 0 Å². The molecule has 19 heavy (non-hydrogen) atoms. The van der Waals surface area contributed by atoms with Gasteiger partial charge in [0.05, 0.1) is 15.9 Å². The Labute approximate surface area is 124 Å². The maximum Gasteiger partial charge on any atom is 0.0767 e. The third-order valence-electron chi connectivity index (χ3n) is 4.07. The van der Waals surface area contributed by atoms with Gasteiger partial charge in [0.1, 0.15) is 0 Å². The molecule has 0 aromatic carbocycles. The van der Waals surface area contributed by atoms with Gasteiger partial charge in [0.15, 0.2) is 0 Å². The average molecular weight is 330 g/mol. The molecule has 108 valence electrons. The highest BCUT2D eigenvalue weighted by atomic mass is 79.9. The SMILES string of the molecule is CCc1nn(C)c(CNC(C)C2CCOCC2)c1Br. The van der Waals surface area contributed by atoms with Crippen LogP contribution < -0.4 is 5.32 Å². The second-order valence-electron chi connectivity index (χ2n) is 5.30. The first-order chi connectivity index (χ1) is 9.13. The van der Waals surface area contributed by atoms with Crippen LogP contribution in [0.25, 0.3) is 0 Å².